The van der Waals surface area contributed by atoms with Crippen LogP contribution >= 0.6 is 0 Å². The van der Waals surface area contributed by atoms with Gasteiger partial charge < -0.3 is 0 Å². The Balaban J connectivity index is -0.0000000687. The Morgan fingerprint density at radius 1 is 0.254 bits per heavy atom. The van der Waals surface area contributed by atoms with Gasteiger partial charge in [-0.25, -0.2) is 0 Å². The summed E-state index contributed by atoms with van der Waals surface area (Å²) in [6.07, 6.45) is 15.1. The van der Waals surface area contributed by atoms with Gasteiger partial charge in [0.05, 0.1) is 0 Å². The standard InChI is InChI=1S/2C15H22.C15H16.12C2H6.2CH4/c3*1-12-3-7-14(8-4-12)11-15-9-5-13(2)6-10-15;12*1-2;;/h2*3-4,7-8,13,15H,5-6,9-11H2,1-2H3;3-10H,11H2,1-2H3;12*1-2H3;2*1H4. The zero-order chi connectivity index (χ0) is 56.0. The minimum absolute atomic E-state index is 0. The monoisotopic (exact) mass is 993 g/mol. The first-order valence-corrected chi connectivity index (χ1v) is 29.9. The maximum atomic E-state index is 2.39. The molecule has 0 aliphatic heterocycles. The molecular formula is C71H140. The van der Waals surface area contributed by atoms with Gasteiger partial charge in [0, 0.05) is 0 Å². The molecule has 424 valence electrons. The lowest BCUT2D eigenvalue weighted by atomic mass is 9.80. The summed E-state index contributed by atoms with van der Waals surface area (Å²) in [4.78, 5) is 0. The maximum absolute atomic E-state index is 2.39. The van der Waals surface area contributed by atoms with E-state index in [2.05, 4.69) is 139 Å². The molecule has 2 saturated carbocycles. The van der Waals surface area contributed by atoms with Crippen molar-refractivity contribution in [2.45, 2.75) is 293 Å². The summed E-state index contributed by atoms with van der Waals surface area (Å²) < 4.78 is 0. The van der Waals surface area contributed by atoms with Crippen molar-refractivity contribution in [3.05, 3.63) is 142 Å². The highest BCUT2D eigenvalue weighted by molar-refractivity contribution is 5.30. The van der Waals surface area contributed by atoms with Gasteiger partial charge in [0.25, 0.3) is 0 Å². The Morgan fingerprint density at radius 3 is 0.577 bits per heavy atom. The molecule has 0 N–H and O–H groups in total. The average Bonchev–Trinajstić information content (AvgIpc) is 3.45. The molecule has 0 aromatic heterocycles. The van der Waals surface area contributed by atoms with Crippen molar-refractivity contribution in [2.24, 2.45) is 23.7 Å². The molecule has 2 fully saturated rings. The quantitative estimate of drug-likeness (QED) is 0.181. The molecule has 0 saturated heterocycles. The summed E-state index contributed by atoms with van der Waals surface area (Å²) in [7, 11) is 0. The lowest BCUT2D eigenvalue weighted by Gasteiger charge is -2.26. The third-order valence-corrected chi connectivity index (χ3v) is 10.2. The lowest BCUT2D eigenvalue weighted by molar-refractivity contribution is 0.289. The van der Waals surface area contributed by atoms with E-state index in [9.17, 15) is 0 Å². The topological polar surface area (TPSA) is 0 Å². The van der Waals surface area contributed by atoms with E-state index in [1.807, 2.05) is 166 Å². The molecule has 0 heterocycles. The molecule has 2 aliphatic rings. The number of rotatable bonds is 6. The molecule has 0 atom stereocenters. The van der Waals surface area contributed by atoms with Crippen molar-refractivity contribution in [3.8, 4) is 0 Å². The van der Waals surface area contributed by atoms with Gasteiger partial charge in [-0.05, 0) is 119 Å². The van der Waals surface area contributed by atoms with Gasteiger partial charge in [-0.3, -0.25) is 0 Å². The van der Waals surface area contributed by atoms with Crippen LogP contribution in [0.1, 0.15) is 291 Å². The minimum atomic E-state index is 0. The summed E-state index contributed by atoms with van der Waals surface area (Å²) in [6.45, 7) is 61.3. The predicted octanol–water partition coefficient (Wildman–Crippen LogP) is 26.2. The Labute approximate surface area is 456 Å². The van der Waals surface area contributed by atoms with Crippen molar-refractivity contribution >= 4 is 0 Å². The Kier molecular flexibility index (Phi) is 107. The van der Waals surface area contributed by atoms with Crippen molar-refractivity contribution < 1.29 is 0 Å². The molecule has 0 spiro atoms. The lowest BCUT2D eigenvalue weighted by Crippen LogP contribution is -2.14. The van der Waals surface area contributed by atoms with E-state index in [1.165, 1.54) is 109 Å². The highest BCUT2D eigenvalue weighted by atomic mass is 14.2. The smallest absolute Gasteiger partial charge is 0.00258 e. The molecule has 0 heteroatoms. The van der Waals surface area contributed by atoms with Gasteiger partial charge in [-0.15, -0.1) is 0 Å². The highest BCUT2D eigenvalue weighted by Crippen LogP contribution is 2.31. The first-order chi connectivity index (χ1) is 33.7. The van der Waals surface area contributed by atoms with Crippen LogP contribution in [0.5, 0.6) is 0 Å². The van der Waals surface area contributed by atoms with Gasteiger partial charge >= 0.3 is 0 Å². The van der Waals surface area contributed by atoms with Crippen molar-refractivity contribution in [3.63, 3.8) is 0 Å². The first-order valence-electron chi connectivity index (χ1n) is 29.9. The number of benzene rings is 4. The van der Waals surface area contributed by atoms with E-state index in [-0.39, 0.29) is 14.9 Å². The molecule has 4 aromatic rings. The molecule has 0 bridgehead atoms. The molecule has 2 aliphatic carbocycles. The van der Waals surface area contributed by atoms with Gasteiger partial charge in [0.15, 0.2) is 0 Å². The summed E-state index contributed by atoms with van der Waals surface area (Å²) in [5, 5.41) is 0. The summed E-state index contributed by atoms with van der Waals surface area (Å²) >= 11 is 0. The first kappa shape index (κ1) is 93.8. The van der Waals surface area contributed by atoms with Crippen LogP contribution in [0.15, 0.2) is 97.1 Å². The maximum Gasteiger partial charge on any atom is -0.00258 e. The normalized spacial score (nSPS) is 14.4. The van der Waals surface area contributed by atoms with Crippen LogP contribution in [-0.2, 0) is 19.3 Å². The van der Waals surface area contributed by atoms with E-state index < -0.39 is 0 Å². The average molecular weight is 994 g/mol. The second kappa shape index (κ2) is 81.0. The zero-order valence-corrected chi connectivity index (χ0v) is 53.3. The van der Waals surface area contributed by atoms with Crippen molar-refractivity contribution in [1.29, 1.82) is 0 Å². The third-order valence-electron chi connectivity index (χ3n) is 10.2. The van der Waals surface area contributed by atoms with Crippen LogP contribution in [0.25, 0.3) is 0 Å². The van der Waals surface area contributed by atoms with Crippen LogP contribution in [0.3, 0.4) is 0 Å². The highest BCUT2D eigenvalue weighted by Gasteiger charge is 2.19. The van der Waals surface area contributed by atoms with Gasteiger partial charge in [0.2, 0.25) is 0 Å². The van der Waals surface area contributed by atoms with E-state index in [0.717, 1.165) is 30.1 Å². The molecule has 4 aromatic carbocycles. The van der Waals surface area contributed by atoms with Gasteiger partial charge in [-0.2, -0.15) is 0 Å². The van der Waals surface area contributed by atoms with Crippen LogP contribution in [-0.4, -0.2) is 0 Å². The Bertz CT molecular complexity index is 1230. The largest absolute Gasteiger partial charge is 0.0776 e. The third kappa shape index (κ3) is 59.3. The Hall–Kier alpha value is -3.12. The fourth-order valence-electron chi connectivity index (χ4n) is 6.83. The van der Waals surface area contributed by atoms with Crippen LogP contribution in [0.2, 0.25) is 0 Å². The van der Waals surface area contributed by atoms with Crippen LogP contribution in [0.4, 0.5) is 0 Å². The number of aryl methyl sites for hydroxylation is 4. The molecule has 0 amide bonds. The van der Waals surface area contributed by atoms with E-state index in [1.54, 1.807) is 0 Å². The van der Waals surface area contributed by atoms with Crippen LogP contribution in [0, 0.1) is 51.4 Å². The fraction of sp³-hybridized carbons (Fsp3) is 0.662. The van der Waals surface area contributed by atoms with E-state index in [4.69, 9.17) is 0 Å². The number of hydrogen-bond acceptors (Lipinski definition) is 0. The molecule has 71 heavy (non-hydrogen) atoms. The van der Waals surface area contributed by atoms with Gasteiger partial charge in [0.1, 0.15) is 0 Å². The minimum Gasteiger partial charge on any atom is -0.0776 e. The molecule has 0 radical (unpaired) electrons. The predicted molar refractivity (Wildman–Crippen MR) is 347 cm³/mol. The molecule has 6 rings (SSSR count). The van der Waals surface area contributed by atoms with Gasteiger partial charge in [-0.1, -0.05) is 340 Å². The Morgan fingerprint density at radius 2 is 0.408 bits per heavy atom. The van der Waals surface area contributed by atoms with E-state index >= 15 is 0 Å². The second-order valence-electron chi connectivity index (χ2n) is 14.8. The van der Waals surface area contributed by atoms with E-state index in [0.29, 0.717) is 0 Å². The SMILES string of the molecule is C.C.CC.CC.CC.CC.CC.CC.CC.CC.CC.CC.CC.CC.Cc1ccc(CC2CCC(C)CC2)cc1.Cc1ccc(CC2CCC(C)CC2)cc1.Cc1ccc(Cc2ccc(C)cc2)cc1. The molecule has 0 unspecified atom stereocenters. The zero-order valence-electron chi connectivity index (χ0n) is 53.3. The second-order valence-corrected chi connectivity index (χ2v) is 14.8. The van der Waals surface area contributed by atoms with Crippen LogP contribution < -0.4 is 0 Å². The fourth-order valence-corrected chi connectivity index (χ4v) is 6.83. The number of hydrogen-bond donors (Lipinski definition) is 0. The summed E-state index contributed by atoms with van der Waals surface area (Å²) in [6, 6.07) is 35.6. The molecule has 0 nitrogen and oxygen atoms in total. The molecular weight excluding hydrogens is 853 g/mol. The summed E-state index contributed by atoms with van der Waals surface area (Å²) in [5.41, 5.74) is 11.2. The van der Waals surface area contributed by atoms with Crippen molar-refractivity contribution in [2.75, 3.05) is 0 Å². The van der Waals surface area contributed by atoms with Crippen molar-refractivity contribution in [1.82, 2.24) is 0 Å². The summed E-state index contributed by atoms with van der Waals surface area (Å²) in [5.74, 6) is 3.84.